The molecule has 6 heteroatoms. The summed E-state index contributed by atoms with van der Waals surface area (Å²) >= 11 is 1.35. The van der Waals surface area contributed by atoms with Gasteiger partial charge in [0.05, 0.1) is 29.7 Å². The van der Waals surface area contributed by atoms with Crippen LogP contribution >= 0.6 is 11.3 Å². The van der Waals surface area contributed by atoms with Gasteiger partial charge in [-0.05, 0) is 19.8 Å². The summed E-state index contributed by atoms with van der Waals surface area (Å²) in [5.41, 5.74) is 0.840. The molecule has 4 atom stereocenters. The van der Waals surface area contributed by atoms with E-state index in [-0.39, 0.29) is 35.9 Å². The highest BCUT2D eigenvalue weighted by atomic mass is 32.1. The molecule has 0 saturated carbocycles. The number of rotatable bonds is 1. The smallest absolute Gasteiger partial charge is 0.242 e. The van der Waals surface area contributed by atoms with Crippen molar-refractivity contribution in [3.8, 4) is 0 Å². The molecule has 18 heavy (non-hydrogen) atoms. The molecule has 0 aromatic carbocycles. The van der Waals surface area contributed by atoms with Crippen LogP contribution in [0, 0.1) is 18.8 Å². The third-order valence-corrected chi connectivity index (χ3v) is 5.03. The molecule has 1 aromatic rings. The van der Waals surface area contributed by atoms with Gasteiger partial charge in [0, 0.05) is 5.38 Å². The maximum absolute atomic E-state index is 12.4. The van der Waals surface area contributed by atoms with Gasteiger partial charge < -0.3 is 4.74 Å². The number of fused-ring (bicyclic) bond motifs is 5. The number of nitrogens with zero attached hydrogens (tertiary/aromatic N) is 2. The molecule has 94 valence electrons. The summed E-state index contributed by atoms with van der Waals surface area (Å²) in [5, 5.41) is 2.37. The number of aromatic nitrogens is 1. The van der Waals surface area contributed by atoms with Gasteiger partial charge in [-0.2, -0.15) is 0 Å². The van der Waals surface area contributed by atoms with Crippen molar-refractivity contribution in [2.45, 2.75) is 32.0 Å². The third kappa shape index (κ3) is 1.17. The first kappa shape index (κ1) is 10.6. The van der Waals surface area contributed by atoms with Crippen LogP contribution in [-0.4, -0.2) is 29.0 Å². The molecule has 2 bridgehead atoms. The van der Waals surface area contributed by atoms with Crippen LogP contribution in [0.2, 0.25) is 0 Å². The minimum atomic E-state index is -0.263. The number of hydrogen-bond donors (Lipinski definition) is 0. The summed E-state index contributed by atoms with van der Waals surface area (Å²) in [7, 11) is 0. The molecule has 0 aliphatic carbocycles. The molecule has 4 rings (SSSR count). The molecule has 0 radical (unpaired) electrons. The van der Waals surface area contributed by atoms with Crippen molar-refractivity contribution in [1.82, 2.24) is 4.98 Å². The first-order valence-corrected chi connectivity index (χ1v) is 7.00. The number of carbonyl (C=O) groups excluding carboxylic acids is 2. The van der Waals surface area contributed by atoms with Gasteiger partial charge in [-0.3, -0.25) is 9.59 Å². The molecule has 5 nitrogen and oxygen atoms in total. The lowest BCUT2D eigenvalue weighted by atomic mass is 9.81. The fraction of sp³-hybridized carbons (Fsp3) is 0.583. The molecule has 2 amide bonds. The van der Waals surface area contributed by atoms with Gasteiger partial charge in [0.2, 0.25) is 11.8 Å². The SMILES string of the molecule is Cc1csc(N2C(=O)[C@@H]3[C@H](C2=O)[C@@H]2CC[C@@H]3O2)n1. The van der Waals surface area contributed by atoms with Crippen LogP contribution in [0.5, 0.6) is 0 Å². The highest BCUT2D eigenvalue weighted by Gasteiger charge is 2.63. The maximum atomic E-state index is 12.4. The maximum Gasteiger partial charge on any atom is 0.242 e. The van der Waals surface area contributed by atoms with Crippen LogP contribution in [0.3, 0.4) is 0 Å². The quantitative estimate of drug-likeness (QED) is 0.713. The van der Waals surface area contributed by atoms with Gasteiger partial charge in [-0.1, -0.05) is 0 Å². The first-order chi connectivity index (χ1) is 8.66. The van der Waals surface area contributed by atoms with Gasteiger partial charge >= 0.3 is 0 Å². The average molecular weight is 264 g/mol. The van der Waals surface area contributed by atoms with E-state index in [9.17, 15) is 9.59 Å². The zero-order valence-electron chi connectivity index (χ0n) is 9.83. The fourth-order valence-corrected chi connectivity index (χ4v) is 4.16. The molecule has 3 saturated heterocycles. The van der Waals surface area contributed by atoms with Gasteiger partial charge in [0.25, 0.3) is 0 Å². The summed E-state index contributed by atoms with van der Waals surface area (Å²) < 4.78 is 5.68. The lowest BCUT2D eigenvalue weighted by Crippen LogP contribution is -2.34. The Balaban J connectivity index is 1.75. The third-order valence-electron chi connectivity index (χ3n) is 4.08. The van der Waals surface area contributed by atoms with Gasteiger partial charge in [-0.15, -0.1) is 11.3 Å². The zero-order chi connectivity index (χ0) is 12.4. The van der Waals surface area contributed by atoms with Crippen molar-refractivity contribution < 1.29 is 14.3 Å². The summed E-state index contributed by atoms with van der Waals surface area (Å²) in [6.07, 6.45) is 1.69. The molecule has 4 heterocycles. The summed E-state index contributed by atoms with van der Waals surface area (Å²) in [5.74, 6) is -0.765. The van der Waals surface area contributed by atoms with Crippen LogP contribution in [0.15, 0.2) is 5.38 Å². The number of aryl methyl sites for hydroxylation is 1. The topological polar surface area (TPSA) is 59.5 Å². The Kier molecular flexibility index (Phi) is 2.00. The van der Waals surface area contributed by atoms with E-state index in [1.807, 2.05) is 12.3 Å². The van der Waals surface area contributed by atoms with E-state index in [0.717, 1.165) is 18.5 Å². The Morgan fingerprint density at radius 3 is 2.39 bits per heavy atom. The van der Waals surface area contributed by atoms with E-state index in [4.69, 9.17) is 4.74 Å². The number of hydrogen-bond acceptors (Lipinski definition) is 5. The minimum Gasteiger partial charge on any atom is -0.373 e. The van der Waals surface area contributed by atoms with E-state index in [1.165, 1.54) is 16.2 Å². The van der Waals surface area contributed by atoms with Crippen LogP contribution in [0.1, 0.15) is 18.5 Å². The number of carbonyl (C=O) groups is 2. The van der Waals surface area contributed by atoms with Crippen LogP contribution in [-0.2, 0) is 14.3 Å². The number of anilines is 1. The molecule has 3 aliphatic heterocycles. The second-order valence-electron chi connectivity index (χ2n) is 5.13. The predicted octanol–water partition coefficient (Wildman–Crippen LogP) is 1.12. The van der Waals surface area contributed by atoms with E-state index in [1.54, 1.807) is 0 Å². The van der Waals surface area contributed by atoms with Crippen molar-refractivity contribution in [2.24, 2.45) is 11.8 Å². The van der Waals surface area contributed by atoms with E-state index in [0.29, 0.717) is 5.13 Å². The number of amides is 2. The summed E-state index contributed by atoms with van der Waals surface area (Å²) in [4.78, 5) is 30.3. The van der Waals surface area contributed by atoms with Crippen molar-refractivity contribution in [1.29, 1.82) is 0 Å². The first-order valence-electron chi connectivity index (χ1n) is 6.12. The normalized spacial score (nSPS) is 37.7. The monoisotopic (exact) mass is 264 g/mol. The second-order valence-corrected chi connectivity index (χ2v) is 5.96. The van der Waals surface area contributed by atoms with E-state index >= 15 is 0 Å². The van der Waals surface area contributed by atoms with Gasteiger partial charge in [-0.25, -0.2) is 9.88 Å². The van der Waals surface area contributed by atoms with Crippen molar-refractivity contribution in [3.05, 3.63) is 11.1 Å². The van der Waals surface area contributed by atoms with Crippen LogP contribution < -0.4 is 4.90 Å². The van der Waals surface area contributed by atoms with Gasteiger partial charge in [0.1, 0.15) is 0 Å². The van der Waals surface area contributed by atoms with E-state index in [2.05, 4.69) is 4.98 Å². The molecule has 3 aliphatic rings. The Bertz CT molecular complexity index is 527. The molecule has 0 spiro atoms. The molecule has 3 fully saturated rings. The second kappa shape index (κ2) is 3.39. The minimum absolute atomic E-state index is 0.0532. The highest BCUT2D eigenvalue weighted by molar-refractivity contribution is 7.14. The standard InChI is InChI=1S/C12H12N2O3S/c1-5-4-18-12(13-5)14-10(15)8-6-2-3-7(17-6)9(8)11(14)16/h4,6-9H,2-3H2,1H3/t6-,7-,8-,9+/m0/s1. The Morgan fingerprint density at radius 1 is 1.28 bits per heavy atom. The molecule has 0 unspecified atom stereocenters. The van der Waals surface area contributed by atoms with Crippen molar-refractivity contribution in [2.75, 3.05) is 4.90 Å². The lowest BCUT2D eigenvalue weighted by Gasteiger charge is -2.14. The zero-order valence-corrected chi connectivity index (χ0v) is 10.6. The Labute approximate surface area is 108 Å². The number of thiazole rings is 1. The highest BCUT2D eigenvalue weighted by Crippen LogP contribution is 2.49. The van der Waals surface area contributed by atoms with E-state index < -0.39 is 0 Å². The number of imide groups is 1. The predicted molar refractivity (Wildman–Crippen MR) is 64.2 cm³/mol. The summed E-state index contributed by atoms with van der Waals surface area (Å²) in [6.45, 7) is 1.86. The lowest BCUT2D eigenvalue weighted by molar-refractivity contribution is -0.124. The average Bonchev–Trinajstić information content (AvgIpc) is 3.05. The fourth-order valence-electron chi connectivity index (χ4n) is 3.34. The van der Waals surface area contributed by atoms with Crippen LogP contribution in [0.25, 0.3) is 0 Å². The summed E-state index contributed by atoms with van der Waals surface area (Å²) in [6, 6.07) is 0. The van der Waals surface area contributed by atoms with Crippen molar-refractivity contribution >= 4 is 28.3 Å². The Morgan fingerprint density at radius 2 is 1.89 bits per heavy atom. The molecular formula is C12H12N2O3S. The molecular weight excluding hydrogens is 252 g/mol. The van der Waals surface area contributed by atoms with Crippen LogP contribution in [0.4, 0.5) is 5.13 Å². The molecule has 1 aromatic heterocycles. The van der Waals surface area contributed by atoms with Gasteiger partial charge in [0.15, 0.2) is 5.13 Å². The van der Waals surface area contributed by atoms with Crippen molar-refractivity contribution in [3.63, 3.8) is 0 Å². The largest absolute Gasteiger partial charge is 0.373 e. The molecule has 0 N–H and O–H groups in total. The number of ether oxygens (including phenoxy) is 1. The Hall–Kier alpha value is -1.27.